The van der Waals surface area contributed by atoms with Gasteiger partial charge in [-0.2, -0.15) is 0 Å². The molecule has 0 aromatic heterocycles. The molecule has 2 amide bonds. The quantitative estimate of drug-likeness (QED) is 0.795. The molecule has 0 aliphatic carbocycles. The van der Waals surface area contributed by atoms with Gasteiger partial charge in [-0.25, -0.2) is 4.39 Å². The maximum atomic E-state index is 14.3. The van der Waals surface area contributed by atoms with E-state index in [2.05, 4.69) is 10.6 Å². The van der Waals surface area contributed by atoms with Crippen molar-refractivity contribution in [1.29, 1.82) is 0 Å². The van der Waals surface area contributed by atoms with Crippen molar-refractivity contribution < 1.29 is 14.0 Å². The van der Waals surface area contributed by atoms with E-state index >= 15 is 0 Å². The van der Waals surface area contributed by atoms with Gasteiger partial charge in [-0.1, -0.05) is 20.8 Å². The van der Waals surface area contributed by atoms with E-state index in [9.17, 15) is 14.0 Å². The molecule has 1 aliphatic heterocycles. The van der Waals surface area contributed by atoms with Crippen LogP contribution in [0.5, 0.6) is 0 Å². The second-order valence-corrected chi connectivity index (χ2v) is 6.99. The molecule has 138 valence electrons. The minimum absolute atomic E-state index is 0.117. The van der Waals surface area contributed by atoms with Gasteiger partial charge in [0.2, 0.25) is 5.91 Å². The van der Waals surface area contributed by atoms with Crippen LogP contribution in [0.3, 0.4) is 0 Å². The predicted octanol–water partition coefficient (Wildman–Crippen LogP) is 3.02. The number of amides is 2. The number of anilines is 1. The fraction of sp³-hybridized carbons (Fsp3) is 0.579. The maximum Gasteiger partial charge on any atom is 0.254 e. The molecule has 1 saturated heterocycles. The topological polar surface area (TPSA) is 61.4 Å². The van der Waals surface area contributed by atoms with Gasteiger partial charge in [-0.3, -0.25) is 9.59 Å². The van der Waals surface area contributed by atoms with E-state index in [1.807, 2.05) is 25.7 Å². The Kier molecular flexibility index (Phi) is 6.93. The highest BCUT2D eigenvalue weighted by molar-refractivity contribution is 5.96. The average Bonchev–Trinajstić information content (AvgIpc) is 3.07. The van der Waals surface area contributed by atoms with Gasteiger partial charge in [0.15, 0.2) is 0 Å². The summed E-state index contributed by atoms with van der Waals surface area (Å²) in [6.07, 6.45) is 2.10. The van der Waals surface area contributed by atoms with Crippen LogP contribution < -0.4 is 10.6 Å². The van der Waals surface area contributed by atoms with E-state index in [4.69, 9.17) is 0 Å². The van der Waals surface area contributed by atoms with Crippen molar-refractivity contribution in [3.05, 3.63) is 29.6 Å². The van der Waals surface area contributed by atoms with Gasteiger partial charge in [0.25, 0.3) is 5.91 Å². The van der Waals surface area contributed by atoms with E-state index in [0.717, 1.165) is 25.9 Å². The fourth-order valence-corrected chi connectivity index (χ4v) is 3.08. The summed E-state index contributed by atoms with van der Waals surface area (Å²) < 4.78 is 14.3. The van der Waals surface area contributed by atoms with Crippen LogP contribution in [0.4, 0.5) is 10.1 Å². The summed E-state index contributed by atoms with van der Waals surface area (Å²) in [5.41, 5.74) is 0.437. The molecule has 1 heterocycles. The van der Waals surface area contributed by atoms with Crippen LogP contribution in [-0.2, 0) is 4.79 Å². The second-order valence-electron chi connectivity index (χ2n) is 6.99. The van der Waals surface area contributed by atoms with E-state index in [1.165, 1.54) is 12.1 Å². The van der Waals surface area contributed by atoms with Crippen molar-refractivity contribution in [2.75, 3.05) is 25.0 Å². The highest BCUT2D eigenvalue weighted by atomic mass is 19.1. The number of rotatable bonds is 7. The minimum atomic E-state index is -0.580. The molecule has 1 aliphatic rings. The Morgan fingerprint density at radius 2 is 2.16 bits per heavy atom. The zero-order chi connectivity index (χ0) is 18.4. The van der Waals surface area contributed by atoms with Gasteiger partial charge >= 0.3 is 0 Å². The zero-order valence-electron chi connectivity index (χ0n) is 15.3. The molecule has 1 aromatic carbocycles. The Balaban J connectivity index is 2.11. The van der Waals surface area contributed by atoms with E-state index in [1.54, 1.807) is 6.07 Å². The smallest absolute Gasteiger partial charge is 0.254 e. The molecule has 25 heavy (non-hydrogen) atoms. The SMILES string of the molecule is CCCN(C(=O)c1ccc(NC(=O)CC(C)C)c(F)c1)C1CCNC1. The fourth-order valence-electron chi connectivity index (χ4n) is 3.08. The minimum Gasteiger partial charge on any atom is -0.334 e. The van der Waals surface area contributed by atoms with Crippen LogP contribution in [0.1, 0.15) is 50.4 Å². The van der Waals surface area contributed by atoms with Crippen LogP contribution in [0.2, 0.25) is 0 Å². The van der Waals surface area contributed by atoms with Gasteiger partial charge in [0.05, 0.1) is 5.69 Å². The van der Waals surface area contributed by atoms with Crippen molar-refractivity contribution in [3.63, 3.8) is 0 Å². The van der Waals surface area contributed by atoms with Crippen LogP contribution in [0.15, 0.2) is 18.2 Å². The van der Waals surface area contributed by atoms with E-state index < -0.39 is 5.82 Å². The lowest BCUT2D eigenvalue weighted by Gasteiger charge is -2.28. The summed E-state index contributed by atoms with van der Waals surface area (Å²) >= 11 is 0. The lowest BCUT2D eigenvalue weighted by atomic mass is 10.1. The molecule has 5 nitrogen and oxygen atoms in total. The summed E-state index contributed by atoms with van der Waals surface area (Å²) in [7, 11) is 0. The third-order valence-electron chi connectivity index (χ3n) is 4.28. The third-order valence-corrected chi connectivity index (χ3v) is 4.28. The number of hydrogen-bond acceptors (Lipinski definition) is 3. The molecule has 1 fully saturated rings. The number of carbonyl (C=O) groups excluding carboxylic acids is 2. The highest BCUT2D eigenvalue weighted by Gasteiger charge is 2.27. The molecule has 1 aromatic rings. The van der Waals surface area contributed by atoms with Crippen LogP contribution >= 0.6 is 0 Å². The highest BCUT2D eigenvalue weighted by Crippen LogP contribution is 2.20. The molecule has 0 spiro atoms. The van der Waals surface area contributed by atoms with E-state index in [0.29, 0.717) is 18.5 Å². The molecule has 2 N–H and O–H groups in total. The van der Waals surface area contributed by atoms with Crippen LogP contribution in [0, 0.1) is 11.7 Å². The van der Waals surface area contributed by atoms with Crippen molar-refractivity contribution in [3.8, 4) is 0 Å². The van der Waals surface area contributed by atoms with Gasteiger partial charge in [-0.05, 0) is 43.5 Å². The lowest BCUT2D eigenvalue weighted by molar-refractivity contribution is -0.116. The van der Waals surface area contributed by atoms with Crippen LogP contribution in [0.25, 0.3) is 0 Å². The Morgan fingerprint density at radius 3 is 2.72 bits per heavy atom. The number of nitrogens with zero attached hydrogens (tertiary/aromatic N) is 1. The first-order valence-corrected chi connectivity index (χ1v) is 9.03. The van der Waals surface area contributed by atoms with Gasteiger partial charge in [-0.15, -0.1) is 0 Å². The number of carbonyl (C=O) groups is 2. The van der Waals surface area contributed by atoms with Gasteiger partial charge in [0, 0.05) is 31.1 Å². The number of halogens is 1. The Labute approximate surface area is 149 Å². The second kappa shape index (κ2) is 8.94. The summed E-state index contributed by atoms with van der Waals surface area (Å²) in [6, 6.07) is 4.43. The van der Waals surface area contributed by atoms with Crippen molar-refractivity contribution in [2.45, 2.75) is 46.1 Å². The predicted molar refractivity (Wildman–Crippen MR) is 97.1 cm³/mol. The molecule has 1 unspecified atom stereocenters. The number of nitrogens with one attached hydrogen (secondary N) is 2. The molecule has 0 bridgehead atoms. The summed E-state index contributed by atoms with van der Waals surface area (Å²) in [5.74, 6) is -0.761. The molecule has 0 radical (unpaired) electrons. The Hall–Kier alpha value is -1.95. The average molecular weight is 349 g/mol. The lowest BCUT2D eigenvalue weighted by Crippen LogP contribution is -2.42. The monoisotopic (exact) mass is 349 g/mol. The summed E-state index contributed by atoms with van der Waals surface area (Å²) in [5, 5.41) is 5.83. The van der Waals surface area contributed by atoms with Crippen molar-refractivity contribution in [1.82, 2.24) is 10.2 Å². The van der Waals surface area contributed by atoms with Crippen molar-refractivity contribution >= 4 is 17.5 Å². The Morgan fingerprint density at radius 1 is 1.40 bits per heavy atom. The zero-order valence-corrected chi connectivity index (χ0v) is 15.3. The first-order chi connectivity index (χ1) is 11.9. The van der Waals surface area contributed by atoms with Gasteiger partial charge in [0.1, 0.15) is 5.82 Å². The molecular formula is C19H28FN3O2. The summed E-state index contributed by atoms with van der Waals surface area (Å²) in [6.45, 7) is 8.21. The molecule has 2 rings (SSSR count). The maximum absolute atomic E-state index is 14.3. The molecule has 6 heteroatoms. The largest absolute Gasteiger partial charge is 0.334 e. The third kappa shape index (κ3) is 5.26. The number of hydrogen-bond donors (Lipinski definition) is 2. The van der Waals surface area contributed by atoms with Crippen molar-refractivity contribution in [2.24, 2.45) is 5.92 Å². The normalized spacial score (nSPS) is 16.9. The number of benzene rings is 1. The first kappa shape index (κ1) is 19.4. The van der Waals surface area contributed by atoms with Crippen LogP contribution in [-0.4, -0.2) is 42.4 Å². The molecule has 0 saturated carbocycles. The molecule has 1 atom stereocenters. The Bertz CT molecular complexity index is 613. The first-order valence-electron chi connectivity index (χ1n) is 9.03. The van der Waals surface area contributed by atoms with E-state index in [-0.39, 0.29) is 29.5 Å². The standard InChI is InChI=1S/C19H28FN3O2/c1-4-9-23(15-7-8-21-12-15)19(25)14-5-6-17(16(20)11-14)22-18(24)10-13(2)3/h5-6,11,13,15,21H,4,7-10,12H2,1-3H3,(H,22,24). The van der Waals surface area contributed by atoms with Gasteiger partial charge < -0.3 is 15.5 Å². The molecular weight excluding hydrogens is 321 g/mol. The summed E-state index contributed by atoms with van der Waals surface area (Å²) in [4.78, 5) is 26.4.